The van der Waals surface area contributed by atoms with Crippen LogP contribution in [-0.2, 0) is 16.0 Å². The fourth-order valence-electron chi connectivity index (χ4n) is 1.80. The van der Waals surface area contributed by atoms with E-state index in [0.717, 1.165) is 24.5 Å². The summed E-state index contributed by atoms with van der Waals surface area (Å²) in [7, 11) is 0. The molecule has 88 valence electrons. The molecule has 0 aromatic carbocycles. The summed E-state index contributed by atoms with van der Waals surface area (Å²) < 4.78 is 5.51. The number of thiazole rings is 1. The smallest absolute Gasteiger partial charge is 0.168 e. The van der Waals surface area contributed by atoms with E-state index in [0.29, 0.717) is 13.0 Å². The fourth-order valence-corrected chi connectivity index (χ4v) is 2.40. The van der Waals surface area contributed by atoms with Crippen LogP contribution in [0.2, 0.25) is 0 Å². The van der Waals surface area contributed by atoms with Gasteiger partial charge in [0, 0.05) is 30.6 Å². The summed E-state index contributed by atoms with van der Waals surface area (Å²) in [6.45, 7) is 5.41. The van der Waals surface area contributed by atoms with Crippen LogP contribution in [0.4, 0.5) is 0 Å². The highest BCUT2D eigenvalue weighted by atomic mass is 32.1. The highest BCUT2D eigenvalue weighted by molar-refractivity contribution is 7.09. The Bertz CT molecular complexity index is 340. The van der Waals surface area contributed by atoms with Gasteiger partial charge in [0.2, 0.25) is 0 Å². The van der Waals surface area contributed by atoms with E-state index < -0.39 is 0 Å². The number of Topliss-reactive ketones (excluding diaryl/α,β-unsaturated/α-hetero) is 1. The lowest BCUT2D eigenvalue weighted by atomic mass is 10.1. The third-order valence-electron chi connectivity index (χ3n) is 2.79. The van der Waals surface area contributed by atoms with Gasteiger partial charge in [0.1, 0.15) is 6.10 Å². The molecule has 2 heterocycles. The van der Waals surface area contributed by atoms with Crippen molar-refractivity contribution in [3.05, 3.63) is 16.6 Å². The van der Waals surface area contributed by atoms with E-state index in [1.54, 1.807) is 11.7 Å². The van der Waals surface area contributed by atoms with Gasteiger partial charge in [-0.05, 0) is 6.54 Å². The number of likely N-dealkylation sites (N-methyl/N-ethyl adjacent to an activating group) is 1. The van der Waals surface area contributed by atoms with Crippen LogP contribution in [-0.4, -0.2) is 48.0 Å². The quantitative estimate of drug-likeness (QED) is 0.786. The molecule has 1 aromatic rings. The summed E-state index contributed by atoms with van der Waals surface area (Å²) in [6.07, 6.45) is 1.95. The van der Waals surface area contributed by atoms with Crippen molar-refractivity contribution in [3.8, 4) is 0 Å². The summed E-state index contributed by atoms with van der Waals surface area (Å²) in [5.41, 5.74) is 1.75. The van der Waals surface area contributed by atoms with E-state index >= 15 is 0 Å². The number of ketones is 1. The molecule has 0 aliphatic carbocycles. The lowest BCUT2D eigenvalue weighted by molar-refractivity contribution is -0.135. The Labute approximate surface area is 99.2 Å². The Morgan fingerprint density at radius 1 is 1.75 bits per heavy atom. The molecular formula is C11H16N2O2S. The zero-order valence-electron chi connectivity index (χ0n) is 9.39. The van der Waals surface area contributed by atoms with E-state index in [2.05, 4.69) is 16.8 Å². The van der Waals surface area contributed by atoms with Crippen molar-refractivity contribution in [2.24, 2.45) is 0 Å². The Morgan fingerprint density at radius 3 is 3.31 bits per heavy atom. The van der Waals surface area contributed by atoms with Gasteiger partial charge in [-0.15, -0.1) is 11.3 Å². The van der Waals surface area contributed by atoms with Gasteiger partial charge in [-0.1, -0.05) is 6.92 Å². The topological polar surface area (TPSA) is 42.4 Å². The van der Waals surface area contributed by atoms with E-state index in [4.69, 9.17) is 4.74 Å². The predicted octanol–water partition coefficient (Wildman–Crippen LogP) is 0.975. The molecule has 0 saturated carbocycles. The van der Waals surface area contributed by atoms with Crippen LogP contribution in [0.25, 0.3) is 0 Å². The maximum atomic E-state index is 12.0. The summed E-state index contributed by atoms with van der Waals surface area (Å²) in [4.78, 5) is 19.2. The van der Waals surface area contributed by atoms with E-state index in [1.807, 2.05) is 0 Å². The highest BCUT2D eigenvalue weighted by Crippen LogP contribution is 2.12. The van der Waals surface area contributed by atoms with Crippen molar-refractivity contribution < 1.29 is 9.53 Å². The number of aromatic nitrogens is 1. The number of carbonyl (C=O) groups excluding carboxylic acids is 1. The summed E-state index contributed by atoms with van der Waals surface area (Å²) in [6, 6.07) is 0. The van der Waals surface area contributed by atoms with Crippen molar-refractivity contribution in [1.29, 1.82) is 0 Å². The van der Waals surface area contributed by atoms with Crippen LogP contribution in [0.15, 0.2) is 11.7 Å². The van der Waals surface area contributed by atoms with Crippen LogP contribution in [0, 0.1) is 0 Å². The second-order valence-electron chi connectivity index (χ2n) is 3.86. The third-order valence-corrected chi connectivity index (χ3v) is 3.57. The van der Waals surface area contributed by atoms with Gasteiger partial charge in [-0.2, -0.15) is 0 Å². The van der Waals surface area contributed by atoms with Crippen LogP contribution in [0.3, 0.4) is 0 Å². The van der Waals surface area contributed by atoms with Crippen LogP contribution >= 0.6 is 11.3 Å². The molecule has 1 aliphatic heterocycles. The summed E-state index contributed by atoms with van der Waals surface area (Å²) in [5.74, 6) is 0.169. The highest BCUT2D eigenvalue weighted by Gasteiger charge is 2.25. The molecule has 1 aromatic heterocycles. The van der Waals surface area contributed by atoms with E-state index in [9.17, 15) is 4.79 Å². The van der Waals surface area contributed by atoms with Crippen molar-refractivity contribution >= 4 is 17.1 Å². The van der Waals surface area contributed by atoms with Gasteiger partial charge in [0.25, 0.3) is 0 Å². The fraction of sp³-hybridized carbons (Fsp3) is 0.636. The first-order valence-electron chi connectivity index (χ1n) is 5.53. The first kappa shape index (κ1) is 11.7. The lowest BCUT2D eigenvalue weighted by Crippen LogP contribution is -2.46. The summed E-state index contributed by atoms with van der Waals surface area (Å²) in [5, 5.41) is 0. The molecular weight excluding hydrogens is 224 g/mol. The van der Waals surface area contributed by atoms with Gasteiger partial charge < -0.3 is 4.74 Å². The zero-order valence-corrected chi connectivity index (χ0v) is 10.2. The number of ether oxygens (including phenoxy) is 1. The molecule has 1 unspecified atom stereocenters. The maximum absolute atomic E-state index is 12.0. The third kappa shape index (κ3) is 2.87. The van der Waals surface area contributed by atoms with Gasteiger partial charge in [0.15, 0.2) is 5.78 Å². The largest absolute Gasteiger partial charge is 0.368 e. The first-order chi connectivity index (χ1) is 7.79. The predicted molar refractivity (Wildman–Crippen MR) is 62.7 cm³/mol. The molecule has 5 heteroatoms. The molecule has 0 amide bonds. The molecule has 0 N–H and O–H groups in total. The summed E-state index contributed by atoms with van der Waals surface area (Å²) >= 11 is 1.52. The van der Waals surface area contributed by atoms with Gasteiger partial charge >= 0.3 is 0 Å². The monoisotopic (exact) mass is 240 g/mol. The van der Waals surface area contributed by atoms with Gasteiger partial charge in [-0.3, -0.25) is 14.7 Å². The van der Waals surface area contributed by atoms with E-state index in [-0.39, 0.29) is 11.9 Å². The number of carbonyl (C=O) groups is 1. The molecule has 0 bridgehead atoms. The minimum Gasteiger partial charge on any atom is -0.368 e. The number of rotatable bonds is 4. The van der Waals surface area contributed by atoms with Crippen LogP contribution in [0.5, 0.6) is 0 Å². The Kier molecular flexibility index (Phi) is 4.04. The molecule has 0 radical (unpaired) electrons. The van der Waals surface area contributed by atoms with Crippen LogP contribution < -0.4 is 0 Å². The Balaban J connectivity index is 1.89. The average molecular weight is 240 g/mol. The van der Waals surface area contributed by atoms with Crippen LogP contribution in [0.1, 0.15) is 11.8 Å². The molecule has 0 spiro atoms. The maximum Gasteiger partial charge on any atom is 0.168 e. The number of morpholine rings is 1. The van der Waals surface area contributed by atoms with Crippen molar-refractivity contribution in [3.63, 3.8) is 0 Å². The lowest BCUT2D eigenvalue weighted by Gasteiger charge is -2.31. The molecule has 1 aliphatic rings. The minimum absolute atomic E-state index is 0.169. The number of hydrogen-bond acceptors (Lipinski definition) is 5. The molecule has 1 atom stereocenters. The molecule has 1 saturated heterocycles. The molecule has 4 nitrogen and oxygen atoms in total. The second-order valence-corrected chi connectivity index (χ2v) is 4.83. The van der Waals surface area contributed by atoms with Crippen molar-refractivity contribution in [1.82, 2.24) is 9.88 Å². The van der Waals surface area contributed by atoms with Crippen molar-refractivity contribution in [2.75, 3.05) is 26.2 Å². The molecule has 1 fully saturated rings. The molecule has 16 heavy (non-hydrogen) atoms. The second kappa shape index (κ2) is 5.52. The standard InChI is InChI=1S/C11H16N2O2S/c1-2-13-3-4-15-11(7-13)10(14)5-9-6-12-8-16-9/h6,8,11H,2-5,7H2,1H3. The zero-order chi connectivity index (χ0) is 11.4. The van der Waals surface area contributed by atoms with E-state index in [1.165, 1.54) is 11.3 Å². The van der Waals surface area contributed by atoms with Crippen molar-refractivity contribution in [2.45, 2.75) is 19.4 Å². The number of nitrogens with zero attached hydrogens (tertiary/aromatic N) is 2. The number of hydrogen-bond donors (Lipinski definition) is 0. The SMILES string of the molecule is CCN1CCOC(C(=O)Cc2cncs2)C1. The molecule has 2 rings (SSSR count). The Morgan fingerprint density at radius 2 is 2.62 bits per heavy atom. The van der Waals surface area contributed by atoms with Gasteiger partial charge in [0.05, 0.1) is 12.1 Å². The Hall–Kier alpha value is -0.780. The minimum atomic E-state index is -0.254. The average Bonchev–Trinajstić information content (AvgIpc) is 2.82. The van der Waals surface area contributed by atoms with Gasteiger partial charge in [-0.25, -0.2) is 0 Å². The first-order valence-corrected chi connectivity index (χ1v) is 6.41. The normalized spacial score (nSPS) is 22.2.